The molecule has 1 N–H and O–H groups in total. The first-order valence-electron chi connectivity index (χ1n) is 8.17. The summed E-state index contributed by atoms with van der Waals surface area (Å²) in [7, 11) is 0. The summed E-state index contributed by atoms with van der Waals surface area (Å²) < 4.78 is 11.1. The summed E-state index contributed by atoms with van der Waals surface area (Å²) in [5.74, 6) is 1.81. The third kappa shape index (κ3) is 3.92. The van der Waals surface area contributed by atoms with Crippen LogP contribution in [0.2, 0.25) is 0 Å². The highest BCUT2D eigenvalue weighted by Gasteiger charge is 2.45. The van der Waals surface area contributed by atoms with Gasteiger partial charge in [0, 0.05) is 30.1 Å². The molecule has 0 aliphatic heterocycles. The Morgan fingerprint density at radius 3 is 3.13 bits per heavy atom. The molecule has 1 aliphatic carbocycles. The summed E-state index contributed by atoms with van der Waals surface area (Å²) in [6, 6.07) is 7.58. The lowest BCUT2D eigenvalue weighted by atomic mass is 10.2. The van der Waals surface area contributed by atoms with Crippen LogP contribution >= 0.6 is 0 Å². The quantitative estimate of drug-likeness (QED) is 0.760. The van der Waals surface area contributed by atoms with Crippen molar-refractivity contribution in [1.82, 2.24) is 10.3 Å². The van der Waals surface area contributed by atoms with Gasteiger partial charge in [-0.1, -0.05) is 19.4 Å². The van der Waals surface area contributed by atoms with Crippen molar-refractivity contribution in [3.63, 3.8) is 0 Å². The van der Waals surface area contributed by atoms with E-state index in [1.807, 2.05) is 24.3 Å². The lowest BCUT2D eigenvalue weighted by Crippen LogP contribution is -2.25. The minimum atomic E-state index is 0.0160. The Bertz CT molecular complexity index is 639. The molecule has 0 radical (unpaired) electrons. The standard InChI is InChI=1S/C18H22N2O3/c1-2-3-9-23-18-13(6-4-8-19-18)12-20-17(21)15-11-14(15)16-7-5-10-22-16/h4-8,10,14-15H,2-3,9,11-12H2,1H3,(H,20,21). The van der Waals surface area contributed by atoms with E-state index in [9.17, 15) is 4.79 Å². The van der Waals surface area contributed by atoms with Crippen molar-refractivity contribution >= 4 is 5.91 Å². The molecule has 2 unspecified atom stereocenters. The maximum Gasteiger partial charge on any atom is 0.224 e. The van der Waals surface area contributed by atoms with Gasteiger partial charge in [-0.15, -0.1) is 0 Å². The summed E-state index contributed by atoms with van der Waals surface area (Å²) in [5.41, 5.74) is 0.909. The van der Waals surface area contributed by atoms with E-state index < -0.39 is 0 Å². The molecular weight excluding hydrogens is 292 g/mol. The molecule has 3 rings (SSSR count). The zero-order chi connectivity index (χ0) is 16.1. The SMILES string of the molecule is CCCCOc1ncccc1CNC(=O)C1CC1c1ccco1. The van der Waals surface area contributed by atoms with Crippen LogP contribution in [0, 0.1) is 5.92 Å². The number of carbonyl (C=O) groups excluding carboxylic acids is 1. The van der Waals surface area contributed by atoms with Crippen LogP contribution in [0.1, 0.15) is 43.4 Å². The van der Waals surface area contributed by atoms with Crippen LogP contribution < -0.4 is 10.1 Å². The van der Waals surface area contributed by atoms with Gasteiger partial charge >= 0.3 is 0 Å². The van der Waals surface area contributed by atoms with Crippen LogP contribution in [-0.4, -0.2) is 17.5 Å². The molecule has 2 aromatic heterocycles. The molecule has 1 amide bonds. The first-order chi connectivity index (χ1) is 11.3. The monoisotopic (exact) mass is 314 g/mol. The molecule has 23 heavy (non-hydrogen) atoms. The van der Waals surface area contributed by atoms with Crippen molar-refractivity contribution in [2.75, 3.05) is 6.61 Å². The largest absolute Gasteiger partial charge is 0.477 e. The molecule has 2 atom stereocenters. The van der Waals surface area contributed by atoms with Crippen molar-refractivity contribution in [1.29, 1.82) is 0 Å². The summed E-state index contributed by atoms with van der Waals surface area (Å²) in [5, 5.41) is 2.98. The highest BCUT2D eigenvalue weighted by Crippen LogP contribution is 2.47. The third-order valence-electron chi connectivity index (χ3n) is 4.08. The normalized spacial score (nSPS) is 19.3. The molecule has 0 bridgehead atoms. The number of hydrogen-bond donors (Lipinski definition) is 1. The number of nitrogens with one attached hydrogen (secondary N) is 1. The Balaban J connectivity index is 1.51. The van der Waals surface area contributed by atoms with Gasteiger partial charge in [0.2, 0.25) is 11.8 Å². The van der Waals surface area contributed by atoms with Crippen molar-refractivity contribution in [3.05, 3.63) is 48.0 Å². The molecule has 1 aliphatic rings. The molecular formula is C18H22N2O3. The first kappa shape index (κ1) is 15.6. The van der Waals surface area contributed by atoms with E-state index in [0.717, 1.165) is 30.6 Å². The van der Waals surface area contributed by atoms with Gasteiger partial charge < -0.3 is 14.5 Å². The third-order valence-corrected chi connectivity index (χ3v) is 4.08. The van der Waals surface area contributed by atoms with Gasteiger partial charge in [0.05, 0.1) is 12.9 Å². The minimum absolute atomic E-state index is 0.0160. The second kappa shape index (κ2) is 7.31. The van der Waals surface area contributed by atoms with Gasteiger partial charge in [-0.25, -0.2) is 4.98 Å². The summed E-state index contributed by atoms with van der Waals surface area (Å²) in [6.07, 6.45) is 6.29. The number of furan rings is 1. The Morgan fingerprint density at radius 1 is 1.43 bits per heavy atom. The number of pyridine rings is 1. The molecule has 0 saturated heterocycles. The highest BCUT2D eigenvalue weighted by atomic mass is 16.5. The molecule has 1 saturated carbocycles. The molecule has 0 aromatic carbocycles. The Morgan fingerprint density at radius 2 is 2.35 bits per heavy atom. The maximum absolute atomic E-state index is 12.2. The average molecular weight is 314 g/mol. The van der Waals surface area contributed by atoms with E-state index in [1.165, 1.54) is 0 Å². The topological polar surface area (TPSA) is 64.4 Å². The van der Waals surface area contributed by atoms with Gasteiger partial charge in [0.1, 0.15) is 5.76 Å². The number of rotatable bonds is 8. The van der Waals surface area contributed by atoms with Crippen LogP contribution in [-0.2, 0) is 11.3 Å². The predicted octanol–water partition coefficient (Wildman–Crippen LogP) is 3.27. The molecule has 2 heterocycles. The summed E-state index contributed by atoms with van der Waals surface area (Å²) in [4.78, 5) is 16.5. The fourth-order valence-electron chi connectivity index (χ4n) is 2.62. The highest BCUT2D eigenvalue weighted by molar-refractivity contribution is 5.82. The minimum Gasteiger partial charge on any atom is -0.477 e. The van der Waals surface area contributed by atoms with Gasteiger partial charge in [-0.2, -0.15) is 0 Å². The van der Waals surface area contributed by atoms with Crippen molar-refractivity contribution in [3.8, 4) is 5.88 Å². The van der Waals surface area contributed by atoms with E-state index >= 15 is 0 Å². The van der Waals surface area contributed by atoms with Crippen LogP contribution in [0.4, 0.5) is 0 Å². The number of amides is 1. The average Bonchev–Trinajstić information content (AvgIpc) is 3.19. The van der Waals surface area contributed by atoms with E-state index in [-0.39, 0.29) is 17.7 Å². The molecule has 2 aromatic rings. The second-order valence-electron chi connectivity index (χ2n) is 5.85. The Hall–Kier alpha value is -2.30. The molecule has 122 valence electrons. The van der Waals surface area contributed by atoms with Crippen LogP contribution in [0.3, 0.4) is 0 Å². The van der Waals surface area contributed by atoms with Gasteiger partial charge in [0.25, 0.3) is 0 Å². The molecule has 5 nitrogen and oxygen atoms in total. The van der Waals surface area contributed by atoms with Crippen molar-refractivity contribution in [2.45, 2.75) is 38.6 Å². The summed E-state index contributed by atoms with van der Waals surface area (Å²) in [6.45, 7) is 3.21. The fourth-order valence-corrected chi connectivity index (χ4v) is 2.62. The van der Waals surface area contributed by atoms with Gasteiger partial charge in [0.15, 0.2) is 0 Å². The van der Waals surface area contributed by atoms with Crippen molar-refractivity contribution < 1.29 is 13.9 Å². The fraction of sp³-hybridized carbons (Fsp3) is 0.444. The van der Waals surface area contributed by atoms with Crippen LogP contribution in [0.25, 0.3) is 0 Å². The van der Waals surface area contributed by atoms with E-state index in [0.29, 0.717) is 19.0 Å². The van der Waals surface area contributed by atoms with Gasteiger partial charge in [-0.3, -0.25) is 4.79 Å². The zero-order valence-electron chi connectivity index (χ0n) is 13.3. The smallest absolute Gasteiger partial charge is 0.224 e. The number of carbonyl (C=O) groups is 1. The Labute approximate surface area is 136 Å². The molecule has 0 spiro atoms. The number of nitrogens with zero attached hydrogens (tertiary/aromatic N) is 1. The summed E-state index contributed by atoms with van der Waals surface area (Å²) >= 11 is 0. The number of aromatic nitrogens is 1. The number of ether oxygens (including phenoxy) is 1. The maximum atomic E-state index is 12.2. The molecule has 5 heteroatoms. The van der Waals surface area contributed by atoms with Crippen LogP contribution in [0.5, 0.6) is 5.88 Å². The number of unbranched alkanes of at least 4 members (excludes halogenated alkanes) is 1. The first-order valence-corrected chi connectivity index (χ1v) is 8.17. The van der Waals surface area contributed by atoms with E-state index in [4.69, 9.17) is 9.15 Å². The Kier molecular flexibility index (Phi) is 4.95. The van der Waals surface area contributed by atoms with Gasteiger partial charge in [-0.05, 0) is 31.0 Å². The van der Waals surface area contributed by atoms with E-state index in [1.54, 1.807) is 12.5 Å². The van der Waals surface area contributed by atoms with Crippen molar-refractivity contribution in [2.24, 2.45) is 5.92 Å². The molecule has 1 fully saturated rings. The predicted molar refractivity (Wildman–Crippen MR) is 86.0 cm³/mol. The number of hydrogen-bond acceptors (Lipinski definition) is 4. The lowest BCUT2D eigenvalue weighted by molar-refractivity contribution is -0.122. The lowest BCUT2D eigenvalue weighted by Gasteiger charge is -2.10. The second-order valence-corrected chi connectivity index (χ2v) is 5.85. The zero-order valence-corrected chi connectivity index (χ0v) is 13.3. The van der Waals surface area contributed by atoms with Crippen LogP contribution in [0.15, 0.2) is 41.1 Å². The van der Waals surface area contributed by atoms with E-state index in [2.05, 4.69) is 17.2 Å².